The maximum absolute atomic E-state index is 12.2. The van der Waals surface area contributed by atoms with Crippen LogP contribution >= 0.6 is 22.9 Å². The molecule has 5 nitrogen and oxygen atoms in total. The summed E-state index contributed by atoms with van der Waals surface area (Å²) in [7, 11) is 1.49. The predicted octanol–water partition coefficient (Wildman–Crippen LogP) is 3.90. The van der Waals surface area contributed by atoms with Gasteiger partial charge in [-0.25, -0.2) is 4.79 Å². The van der Waals surface area contributed by atoms with E-state index < -0.39 is 18.0 Å². The fourth-order valence-electron chi connectivity index (χ4n) is 1.86. The second-order valence-electron chi connectivity index (χ2n) is 4.81. The third-order valence-electron chi connectivity index (χ3n) is 3.12. The lowest BCUT2D eigenvalue weighted by Gasteiger charge is -2.15. The van der Waals surface area contributed by atoms with E-state index in [0.717, 1.165) is 5.56 Å². The molecule has 7 heteroatoms. The van der Waals surface area contributed by atoms with Crippen LogP contribution in [0.4, 0.5) is 5.69 Å². The van der Waals surface area contributed by atoms with Crippen LogP contribution in [0.15, 0.2) is 29.6 Å². The molecule has 1 aromatic carbocycles. The molecular weight excluding hydrogens is 338 g/mol. The van der Waals surface area contributed by atoms with Crippen LogP contribution in [-0.2, 0) is 9.53 Å². The Bertz CT molecular complexity index is 729. The van der Waals surface area contributed by atoms with Gasteiger partial charge in [0.15, 0.2) is 6.10 Å². The first-order chi connectivity index (χ1) is 10.9. The van der Waals surface area contributed by atoms with Gasteiger partial charge in [-0.15, -0.1) is 11.3 Å². The molecule has 122 valence electrons. The monoisotopic (exact) mass is 353 g/mol. The number of carbonyl (C=O) groups excluding carboxylic acids is 2. The van der Waals surface area contributed by atoms with Crippen molar-refractivity contribution in [1.29, 1.82) is 0 Å². The Morgan fingerprint density at radius 3 is 2.65 bits per heavy atom. The van der Waals surface area contributed by atoms with Crippen LogP contribution < -0.4 is 10.1 Å². The maximum atomic E-state index is 12.2. The number of ether oxygens (including phenoxy) is 2. The first-order valence-electron chi connectivity index (χ1n) is 6.82. The summed E-state index contributed by atoms with van der Waals surface area (Å²) in [5.41, 5.74) is 1.24. The van der Waals surface area contributed by atoms with Crippen molar-refractivity contribution in [1.82, 2.24) is 0 Å². The number of carbonyl (C=O) groups is 2. The minimum absolute atomic E-state index is 0.417. The van der Waals surface area contributed by atoms with Crippen molar-refractivity contribution in [3.05, 3.63) is 45.1 Å². The van der Waals surface area contributed by atoms with Gasteiger partial charge in [0.05, 0.1) is 12.8 Å². The lowest BCUT2D eigenvalue weighted by molar-refractivity contribution is -0.123. The zero-order valence-electron chi connectivity index (χ0n) is 12.9. The van der Waals surface area contributed by atoms with Crippen LogP contribution in [0.1, 0.15) is 22.2 Å². The molecule has 1 heterocycles. The molecule has 1 aromatic heterocycles. The highest BCUT2D eigenvalue weighted by molar-refractivity contribution is 7.12. The van der Waals surface area contributed by atoms with Gasteiger partial charge in [0.25, 0.3) is 5.91 Å². The van der Waals surface area contributed by atoms with E-state index in [1.807, 2.05) is 13.0 Å². The van der Waals surface area contributed by atoms with Crippen molar-refractivity contribution in [3.63, 3.8) is 0 Å². The highest BCUT2D eigenvalue weighted by atomic mass is 35.5. The topological polar surface area (TPSA) is 64.6 Å². The van der Waals surface area contributed by atoms with Gasteiger partial charge in [0.1, 0.15) is 10.6 Å². The molecule has 2 aromatic rings. The summed E-state index contributed by atoms with van der Waals surface area (Å²) >= 11 is 7.19. The fraction of sp³-hybridized carbons (Fsp3) is 0.250. The first-order valence-corrected chi connectivity index (χ1v) is 8.07. The molecule has 1 amide bonds. The number of thiophene rings is 1. The van der Waals surface area contributed by atoms with Gasteiger partial charge in [-0.05, 0) is 49.1 Å². The Kier molecular flexibility index (Phi) is 5.63. The lowest BCUT2D eigenvalue weighted by Crippen LogP contribution is -2.30. The van der Waals surface area contributed by atoms with Crippen LogP contribution in [0.25, 0.3) is 0 Å². The Balaban J connectivity index is 2.04. The quantitative estimate of drug-likeness (QED) is 0.828. The molecule has 23 heavy (non-hydrogen) atoms. The number of halogens is 1. The van der Waals surface area contributed by atoms with Crippen LogP contribution in [-0.4, -0.2) is 25.1 Å². The number of anilines is 1. The third-order valence-corrected chi connectivity index (χ3v) is 4.35. The molecule has 0 bridgehead atoms. The summed E-state index contributed by atoms with van der Waals surface area (Å²) < 4.78 is 10.4. The molecular formula is C16H16ClNO4S. The number of esters is 1. The Morgan fingerprint density at radius 1 is 1.30 bits per heavy atom. The van der Waals surface area contributed by atoms with Crippen molar-refractivity contribution in [2.24, 2.45) is 0 Å². The van der Waals surface area contributed by atoms with Crippen LogP contribution in [0.5, 0.6) is 5.75 Å². The third kappa shape index (κ3) is 4.24. The summed E-state index contributed by atoms with van der Waals surface area (Å²) in [5.74, 6) is -0.512. The number of benzene rings is 1. The average Bonchev–Trinajstić information content (AvgIpc) is 2.93. The molecule has 0 aliphatic rings. The first kappa shape index (κ1) is 17.3. The standard InChI is InChI=1S/C16H16ClNO4S/c1-9-6-7-23-14(9)16(20)22-10(2)15(19)18-12-8-11(17)4-5-13(12)21-3/h4-8,10H,1-3H3,(H,18,19)/t10-/m0/s1. The zero-order valence-corrected chi connectivity index (χ0v) is 14.5. The van der Waals surface area contributed by atoms with Gasteiger partial charge in [0.2, 0.25) is 0 Å². The summed E-state index contributed by atoms with van der Waals surface area (Å²) in [6, 6.07) is 6.68. The van der Waals surface area contributed by atoms with E-state index >= 15 is 0 Å². The number of hydrogen-bond donors (Lipinski definition) is 1. The molecule has 0 aliphatic carbocycles. The molecule has 0 saturated carbocycles. The summed E-state index contributed by atoms with van der Waals surface area (Å²) in [5, 5.41) is 4.90. The zero-order chi connectivity index (χ0) is 17.0. The van der Waals surface area contributed by atoms with E-state index in [4.69, 9.17) is 21.1 Å². The van der Waals surface area contributed by atoms with Crippen LogP contribution in [0.3, 0.4) is 0 Å². The van der Waals surface area contributed by atoms with E-state index in [1.54, 1.807) is 23.6 Å². The lowest BCUT2D eigenvalue weighted by atomic mass is 10.2. The number of aryl methyl sites for hydroxylation is 1. The van der Waals surface area contributed by atoms with Crippen molar-refractivity contribution in [2.75, 3.05) is 12.4 Å². The van der Waals surface area contributed by atoms with Crippen LogP contribution in [0.2, 0.25) is 5.02 Å². The van der Waals surface area contributed by atoms with Crippen molar-refractivity contribution in [3.8, 4) is 5.75 Å². The van der Waals surface area contributed by atoms with Crippen LogP contribution in [0, 0.1) is 6.92 Å². The Labute approximate surface area is 143 Å². The smallest absolute Gasteiger partial charge is 0.349 e. The molecule has 0 unspecified atom stereocenters. The van der Waals surface area contributed by atoms with Gasteiger partial charge in [0, 0.05) is 5.02 Å². The number of hydrogen-bond acceptors (Lipinski definition) is 5. The van der Waals surface area contributed by atoms with E-state index in [9.17, 15) is 9.59 Å². The largest absolute Gasteiger partial charge is 0.495 e. The summed E-state index contributed by atoms with van der Waals surface area (Å²) in [6.45, 7) is 3.32. The number of rotatable bonds is 5. The molecule has 0 spiro atoms. The molecule has 0 fully saturated rings. The van der Waals surface area contributed by atoms with Gasteiger partial charge >= 0.3 is 5.97 Å². The van der Waals surface area contributed by atoms with E-state index in [-0.39, 0.29) is 0 Å². The molecule has 1 atom stereocenters. The Morgan fingerprint density at radius 2 is 2.04 bits per heavy atom. The van der Waals surface area contributed by atoms with Crippen molar-refractivity contribution >= 4 is 40.5 Å². The summed E-state index contributed by atoms with van der Waals surface area (Å²) in [4.78, 5) is 24.7. The number of amides is 1. The minimum Gasteiger partial charge on any atom is -0.495 e. The van der Waals surface area contributed by atoms with E-state index in [1.165, 1.54) is 25.4 Å². The van der Waals surface area contributed by atoms with Crippen molar-refractivity contribution in [2.45, 2.75) is 20.0 Å². The highest BCUT2D eigenvalue weighted by Crippen LogP contribution is 2.28. The summed E-state index contributed by atoms with van der Waals surface area (Å²) in [6.07, 6.45) is -0.951. The minimum atomic E-state index is -0.951. The van der Waals surface area contributed by atoms with E-state index in [2.05, 4.69) is 5.32 Å². The maximum Gasteiger partial charge on any atom is 0.349 e. The average molecular weight is 354 g/mol. The van der Waals surface area contributed by atoms with Gasteiger partial charge in [-0.1, -0.05) is 11.6 Å². The SMILES string of the molecule is COc1ccc(Cl)cc1NC(=O)[C@H](C)OC(=O)c1sccc1C. The molecule has 2 rings (SSSR count). The van der Waals surface area contributed by atoms with Gasteiger partial charge in [-0.3, -0.25) is 4.79 Å². The Hall–Kier alpha value is -2.05. The van der Waals surface area contributed by atoms with Gasteiger partial charge < -0.3 is 14.8 Å². The predicted molar refractivity (Wildman–Crippen MR) is 90.6 cm³/mol. The molecule has 0 radical (unpaired) electrons. The molecule has 0 saturated heterocycles. The highest BCUT2D eigenvalue weighted by Gasteiger charge is 2.21. The second-order valence-corrected chi connectivity index (χ2v) is 6.17. The number of methoxy groups -OCH3 is 1. The second kappa shape index (κ2) is 7.48. The normalized spacial score (nSPS) is 11.7. The van der Waals surface area contributed by atoms with Crippen molar-refractivity contribution < 1.29 is 19.1 Å². The molecule has 0 aliphatic heterocycles. The molecule has 1 N–H and O–H groups in total. The number of nitrogens with one attached hydrogen (secondary N) is 1. The van der Waals surface area contributed by atoms with Gasteiger partial charge in [-0.2, -0.15) is 0 Å². The van der Waals surface area contributed by atoms with E-state index in [0.29, 0.717) is 21.3 Å². The fourth-order valence-corrected chi connectivity index (χ4v) is 2.84.